The second-order valence-corrected chi connectivity index (χ2v) is 6.98. The molecule has 0 aliphatic rings. The van der Waals surface area contributed by atoms with Crippen molar-refractivity contribution in [1.29, 1.82) is 0 Å². The second-order valence-electron chi connectivity index (χ2n) is 6.98. The third-order valence-corrected chi connectivity index (χ3v) is 4.30. The Morgan fingerprint density at radius 1 is 1.24 bits per heavy atom. The molecule has 0 aromatic heterocycles. The molecule has 0 bridgehead atoms. The number of nitrogens with one attached hydrogen (secondary N) is 1. The van der Waals surface area contributed by atoms with Gasteiger partial charge >= 0.3 is 0 Å². The minimum atomic E-state index is -0.281. The van der Waals surface area contributed by atoms with E-state index in [0.717, 1.165) is 25.1 Å². The van der Waals surface area contributed by atoms with Gasteiger partial charge in [0.1, 0.15) is 0 Å². The minimum Gasteiger partial charge on any atom is -0.494 e. The van der Waals surface area contributed by atoms with Crippen LogP contribution in [0.1, 0.15) is 40.2 Å². The standard InChI is InChI=1S/C18H30FNO/c1-13(2)11-20-12-18(5,14(3)4)10-15-7-8-17(21-6)16(19)9-15/h7-9,13-14,20H,10-12H2,1-6H3. The first-order chi connectivity index (χ1) is 9.78. The molecule has 0 fully saturated rings. The number of halogens is 1. The second kappa shape index (κ2) is 7.79. The summed E-state index contributed by atoms with van der Waals surface area (Å²) >= 11 is 0. The molecule has 0 heterocycles. The van der Waals surface area contributed by atoms with Crippen LogP contribution in [0.3, 0.4) is 0 Å². The highest BCUT2D eigenvalue weighted by atomic mass is 19.1. The maximum absolute atomic E-state index is 13.8. The molecule has 1 aromatic rings. The molecule has 0 radical (unpaired) electrons. The van der Waals surface area contributed by atoms with Gasteiger partial charge in [0.2, 0.25) is 0 Å². The quantitative estimate of drug-likeness (QED) is 0.772. The molecule has 1 atom stereocenters. The number of benzene rings is 1. The van der Waals surface area contributed by atoms with E-state index in [9.17, 15) is 4.39 Å². The largest absolute Gasteiger partial charge is 0.494 e. The molecule has 0 aliphatic carbocycles. The summed E-state index contributed by atoms with van der Waals surface area (Å²) in [6.45, 7) is 13.1. The Morgan fingerprint density at radius 2 is 1.90 bits per heavy atom. The van der Waals surface area contributed by atoms with Crippen LogP contribution < -0.4 is 10.1 Å². The van der Waals surface area contributed by atoms with E-state index < -0.39 is 0 Å². The van der Waals surface area contributed by atoms with E-state index in [-0.39, 0.29) is 11.2 Å². The summed E-state index contributed by atoms with van der Waals surface area (Å²) in [5.41, 5.74) is 1.13. The zero-order valence-electron chi connectivity index (χ0n) is 14.3. The van der Waals surface area contributed by atoms with Crippen LogP contribution in [-0.4, -0.2) is 20.2 Å². The Balaban J connectivity index is 2.79. The fraction of sp³-hybridized carbons (Fsp3) is 0.667. The van der Waals surface area contributed by atoms with Crippen LogP contribution in [0, 0.1) is 23.1 Å². The maximum Gasteiger partial charge on any atom is 0.165 e. The van der Waals surface area contributed by atoms with E-state index in [1.54, 1.807) is 12.1 Å². The SMILES string of the molecule is COc1ccc(CC(C)(CNCC(C)C)C(C)C)cc1F. The fourth-order valence-electron chi connectivity index (χ4n) is 2.40. The van der Waals surface area contributed by atoms with Gasteiger partial charge in [0.25, 0.3) is 0 Å². The highest BCUT2D eigenvalue weighted by molar-refractivity contribution is 5.30. The van der Waals surface area contributed by atoms with Crippen LogP contribution in [-0.2, 0) is 6.42 Å². The molecule has 1 unspecified atom stereocenters. The van der Waals surface area contributed by atoms with Crippen molar-refractivity contribution >= 4 is 0 Å². The third-order valence-electron chi connectivity index (χ3n) is 4.30. The number of rotatable bonds is 8. The molecule has 0 saturated carbocycles. The molecule has 120 valence electrons. The lowest BCUT2D eigenvalue weighted by molar-refractivity contribution is 0.204. The van der Waals surface area contributed by atoms with Gasteiger partial charge in [0.15, 0.2) is 11.6 Å². The van der Waals surface area contributed by atoms with Crippen LogP contribution >= 0.6 is 0 Å². The predicted molar refractivity (Wildman–Crippen MR) is 87.3 cm³/mol. The van der Waals surface area contributed by atoms with Crippen LogP contribution in [0.15, 0.2) is 18.2 Å². The maximum atomic E-state index is 13.8. The van der Waals surface area contributed by atoms with E-state index in [0.29, 0.717) is 17.6 Å². The molecule has 0 amide bonds. The van der Waals surface area contributed by atoms with Gasteiger partial charge in [0.05, 0.1) is 7.11 Å². The van der Waals surface area contributed by atoms with Crippen LogP contribution in [0.5, 0.6) is 5.75 Å². The first kappa shape index (κ1) is 18.0. The van der Waals surface area contributed by atoms with E-state index in [4.69, 9.17) is 4.74 Å². The van der Waals surface area contributed by atoms with Gasteiger partial charge in [-0.15, -0.1) is 0 Å². The molecule has 0 spiro atoms. The Labute approximate surface area is 129 Å². The summed E-state index contributed by atoms with van der Waals surface area (Å²) in [7, 11) is 1.49. The van der Waals surface area contributed by atoms with E-state index >= 15 is 0 Å². The lowest BCUT2D eigenvalue weighted by Crippen LogP contribution is -2.39. The van der Waals surface area contributed by atoms with E-state index in [1.165, 1.54) is 7.11 Å². The first-order valence-corrected chi connectivity index (χ1v) is 7.81. The molecule has 21 heavy (non-hydrogen) atoms. The fourth-order valence-corrected chi connectivity index (χ4v) is 2.40. The van der Waals surface area contributed by atoms with Crippen LogP contribution in [0.2, 0.25) is 0 Å². The lowest BCUT2D eigenvalue weighted by Gasteiger charge is -2.35. The van der Waals surface area contributed by atoms with Gasteiger partial charge in [-0.3, -0.25) is 0 Å². The molecule has 3 heteroatoms. The average molecular weight is 295 g/mol. The smallest absolute Gasteiger partial charge is 0.165 e. The molecular weight excluding hydrogens is 265 g/mol. The van der Waals surface area contributed by atoms with Crippen molar-refractivity contribution in [2.75, 3.05) is 20.2 Å². The number of hydrogen-bond acceptors (Lipinski definition) is 2. The molecule has 1 aromatic carbocycles. The highest BCUT2D eigenvalue weighted by Gasteiger charge is 2.28. The molecule has 0 aliphatic heterocycles. The van der Waals surface area contributed by atoms with Gasteiger partial charge < -0.3 is 10.1 Å². The van der Waals surface area contributed by atoms with Crippen molar-refractivity contribution in [2.45, 2.75) is 41.0 Å². The number of hydrogen-bond donors (Lipinski definition) is 1. The first-order valence-electron chi connectivity index (χ1n) is 7.81. The Morgan fingerprint density at radius 3 is 2.38 bits per heavy atom. The minimum absolute atomic E-state index is 0.107. The summed E-state index contributed by atoms with van der Waals surface area (Å²) in [4.78, 5) is 0. The van der Waals surface area contributed by atoms with Gasteiger partial charge in [-0.2, -0.15) is 0 Å². The zero-order chi connectivity index (χ0) is 16.0. The molecule has 0 saturated heterocycles. The summed E-state index contributed by atoms with van der Waals surface area (Å²) in [5.74, 6) is 1.18. The van der Waals surface area contributed by atoms with Gasteiger partial charge in [-0.1, -0.05) is 40.7 Å². The van der Waals surface area contributed by atoms with E-state index in [2.05, 4.69) is 39.9 Å². The number of methoxy groups -OCH3 is 1. The van der Waals surface area contributed by atoms with Crippen molar-refractivity contribution in [1.82, 2.24) is 5.32 Å². The molecule has 2 nitrogen and oxygen atoms in total. The van der Waals surface area contributed by atoms with Crippen molar-refractivity contribution < 1.29 is 9.13 Å². The third kappa shape index (κ3) is 5.31. The lowest BCUT2D eigenvalue weighted by atomic mass is 9.74. The summed E-state index contributed by atoms with van der Waals surface area (Å²) < 4.78 is 18.8. The summed E-state index contributed by atoms with van der Waals surface area (Å²) in [6.07, 6.45) is 0.858. The van der Waals surface area contributed by atoms with Gasteiger partial charge in [-0.05, 0) is 47.9 Å². The van der Waals surface area contributed by atoms with Crippen LogP contribution in [0.4, 0.5) is 4.39 Å². The van der Waals surface area contributed by atoms with Crippen molar-refractivity contribution in [2.24, 2.45) is 17.3 Å². The molecular formula is C18H30FNO. The molecule has 1 rings (SSSR count). The number of ether oxygens (including phenoxy) is 1. The van der Waals surface area contributed by atoms with Crippen molar-refractivity contribution in [3.8, 4) is 5.75 Å². The Bertz CT molecular complexity index is 445. The molecule has 1 N–H and O–H groups in total. The highest BCUT2D eigenvalue weighted by Crippen LogP contribution is 2.32. The predicted octanol–water partition coefficient (Wildman–Crippen LogP) is 4.28. The van der Waals surface area contributed by atoms with Gasteiger partial charge in [0, 0.05) is 6.54 Å². The summed E-state index contributed by atoms with van der Waals surface area (Å²) in [6, 6.07) is 5.28. The normalized spacial score (nSPS) is 14.5. The Hall–Kier alpha value is -1.09. The van der Waals surface area contributed by atoms with Crippen molar-refractivity contribution in [3.05, 3.63) is 29.6 Å². The van der Waals surface area contributed by atoms with Crippen LogP contribution in [0.25, 0.3) is 0 Å². The van der Waals surface area contributed by atoms with E-state index in [1.807, 2.05) is 6.07 Å². The van der Waals surface area contributed by atoms with Crippen molar-refractivity contribution in [3.63, 3.8) is 0 Å². The van der Waals surface area contributed by atoms with Gasteiger partial charge in [-0.25, -0.2) is 4.39 Å². The monoisotopic (exact) mass is 295 g/mol. The average Bonchev–Trinajstić information content (AvgIpc) is 2.38. The zero-order valence-corrected chi connectivity index (χ0v) is 14.3. The Kier molecular flexibility index (Phi) is 6.66. The topological polar surface area (TPSA) is 21.3 Å². The summed E-state index contributed by atoms with van der Waals surface area (Å²) in [5, 5.41) is 3.55.